The van der Waals surface area contributed by atoms with Crippen LogP contribution in [-0.4, -0.2) is 9.13 Å². The van der Waals surface area contributed by atoms with Crippen LogP contribution in [0.4, 0.5) is 28.4 Å². The Labute approximate surface area is 649 Å². The van der Waals surface area contributed by atoms with Crippen LogP contribution in [-0.2, 0) is 0 Å². The summed E-state index contributed by atoms with van der Waals surface area (Å²) in [5, 5.41) is 13.7. The highest BCUT2D eigenvalue weighted by Gasteiger charge is 2.26. The van der Waals surface area contributed by atoms with E-state index in [1.165, 1.54) is 151 Å². The van der Waals surface area contributed by atoms with Crippen LogP contribution < -0.4 is 10.2 Å². The average molecular weight is 1490 g/mol. The van der Waals surface area contributed by atoms with Gasteiger partial charge >= 0.3 is 0 Å². The Balaban J connectivity index is 0.000000119. The number of nitrogens with zero attached hydrogens (tertiary/aromatic N) is 3. The minimum absolute atomic E-state index is 1.09. The zero-order valence-corrected chi connectivity index (χ0v) is 62.5. The Kier molecular flexibility index (Phi) is 17.9. The first-order chi connectivity index (χ1) is 54.0. The van der Waals surface area contributed by atoms with Gasteiger partial charge in [0.15, 0.2) is 0 Å². The third-order valence-electron chi connectivity index (χ3n) is 20.7. The zero-order valence-electron chi connectivity index (χ0n) is 59.3. The van der Waals surface area contributed by atoms with Crippen molar-refractivity contribution in [1.82, 2.24) is 9.13 Å². The van der Waals surface area contributed by atoms with Gasteiger partial charge in [0.2, 0.25) is 0 Å². The lowest BCUT2D eigenvalue weighted by molar-refractivity contribution is 1.19. The first kappa shape index (κ1) is 66.5. The maximum atomic E-state index is 3.68. The minimum Gasteiger partial charge on any atom is -0.356 e. The number of halogens is 1. The van der Waals surface area contributed by atoms with Gasteiger partial charge < -0.3 is 19.4 Å². The fraction of sp³-hybridized carbons (Fsp3) is 0. The maximum absolute atomic E-state index is 3.68. The summed E-state index contributed by atoms with van der Waals surface area (Å²) in [7, 11) is 0. The van der Waals surface area contributed by atoms with Crippen molar-refractivity contribution in [3.8, 4) is 67.0 Å². The first-order valence-electron chi connectivity index (χ1n) is 36.8. The lowest BCUT2D eigenvalue weighted by atomic mass is 9.99. The van der Waals surface area contributed by atoms with Crippen molar-refractivity contribution >= 4 is 151 Å². The molecule has 0 amide bonds. The second kappa shape index (κ2) is 29.3. The van der Waals surface area contributed by atoms with Gasteiger partial charge in [0.1, 0.15) is 0 Å². The molecule has 0 saturated heterocycles. The van der Waals surface area contributed by atoms with Crippen LogP contribution >= 0.6 is 38.6 Å². The number of nitrogens with one attached hydrogen (secondary N) is 1. The van der Waals surface area contributed by atoms with Crippen LogP contribution in [0.25, 0.3) is 151 Å². The van der Waals surface area contributed by atoms with Crippen LogP contribution in [0.15, 0.2) is 417 Å². The second-order valence-electron chi connectivity index (χ2n) is 27.3. The van der Waals surface area contributed by atoms with Gasteiger partial charge in [0.05, 0.1) is 32.5 Å². The quantitative estimate of drug-likeness (QED) is 0.132. The fourth-order valence-electron chi connectivity index (χ4n) is 15.6. The van der Waals surface area contributed by atoms with E-state index < -0.39 is 0 Å². The predicted molar refractivity (Wildman–Crippen MR) is 473 cm³/mol. The standard InChI is InChI=1S/C48H32N2S.C30H18BrNS.C24H19N/c1-4-14-33(15-5-1)35-24-28-38(29-25-35)49(39-30-26-36(27-31-39)34-16-6-2-7-17-34)44-32-42-40-20-10-12-22-43(40)50(37-18-8-3-9-19-37)47(42)46-41-21-11-13-23-45(41)51-48(44)46;31-20-10-8-9-19(17-20)24-18-25-22-13-4-6-15-26(22)32(21-11-2-1-3-12-21)29(25)28-23-14-5-7-16-27(23)33-30(24)28;1-3-7-19(8-4-1)21-11-15-23(16-12-21)25-24-17-13-22(14-18-24)20-9-5-2-6-10-20/h1-32H;1-18H;1-18,25H. The minimum atomic E-state index is 1.09. The van der Waals surface area contributed by atoms with E-state index >= 15 is 0 Å². The molecule has 0 aliphatic rings. The number of fused-ring (bicyclic) bond motifs is 14. The molecule has 0 atom stereocenters. The molecule has 0 aliphatic carbocycles. The molecule has 1 N–H and O–H groups in total. The number of para-hydroxylation sites is 4. The molecule has 516 valence electrons. The molecule has 0 fully saturated rings. The predicted octanol–water partition coefficient (Wildman–Crippen LogP) is 30.3. The molecule has 21 aromatic rings. The summed E-state index contributed by atoms with van der Waals surface area (Å²) < 4.78 is 11.2. The number of aromatic nitrogens is 2. The molecule has 0 aliphatic heterocycles. The molecule has 0 radical (unpaired) electrons. The summed E-state index contributed by atoms with van der Waals surface area (Å²) in [5.74, 6) is 0. The van der Waals surface area contributed by atoms with Crippen molar-refractivity contribution < 1.29 is 0 Å². The number of thiophene rings is 2. The molecule has 0 spiro atoms. The van der Waals surface area contributed by atoms with Gasteiger partial charge in [-0.25, -0.2) is 0 Å². The van der Waals surface area contributed by atoms with Crippen molar-refractivity contribution in [3.63, 3.8) is 0 Å². The van der Waals surface area contributed by atoms with E-state index in [2.05, 4.69) is 436 Å². The normalized spacial score (nSPS) is 11.3. The van der Waals surface area contributed by atoms with Crippen LogP contribution in [0.2, 0.25) is 0 Å². The molecule has 17 aromatic carbocycles. The van der Waals surface area contributed by atoms with Gasteiger partial charge in [-0.05, 0) is 171 Å². The SMILES string of the molecule is Brc1cccc(-c2cc3c4ccccc4n(-c4ccccc4)c3c3c2sc2ccccc23)c1.c1ccc(-c2ccc(N(c3ccc(-c4ccccc4)cc3)c3cc4c5ccccc5n(-c5ccccc5)c4c4c3sc3ccccc34)cc2)cc1.c1ccc(-c2ccc(Nc3ccc(-c4ccccc4)cc3)cc2)cc1. The van der Waals surface area contributed by atoms with Crippen LogP contribution in [0.1, 0.15) is 0 Å². The third kappa shape index (κ3) is 12.8. The fourth-order valence-corrected chi connectivity index (χ4v) is 18.5. The van der Waals surface area contributed by atoms with E-state index in [9.17, 15) is 0 Å². The number of anilines is 5. The van der Waals surface area contributed by atoms with Crippen molar-refractivity contribution in [2.24, 2.45) is 0 Å². The lowest BCUT2D eigenvalue weighted by Gasteiger charge is -2.27. The largest absolute Gasteiger partial charge is 0.356 e. The highest BCUT2D eigenvalue weighted by Crippen LogP contribution is 2.52. The van der Waals surface area contributed by atoms with Crippen LogP contribution in [0, 0.1) is 0 Å². The molecule has 7 heteroatoms. The second-order valence-corrected chi connectivity index (χ2v) is 30.3. The Morgan fingerprint density at radius 2 is 0.587 bits per heavy atom. The Morgan fingerprint density at radius 3 is 1.01 bits per heavy atom. The van der Waals surface area contributed by atoms with Crippen molar-refractivity contribution in [1.29, 1.82) is 0 Å². The van der Waals surface area contributed by atoms with Crippen molar-refractivity contribution in [3.05, 3.63) is 417 Å². The van der Waals surface area contributed by atoms with E-state index in [1.54, 1.807) is 0 Å². The molecule has 109 heavy (non-hydrogen) atoms. The van der Waals surface area contributed by atoms with Crippen LogP contribution in [0.5, 0.6) is 0 Å². The number of hydrogen-bond donors (Lipinski definition) is 1. The van der Waals surface area contributed by atoms with Crippen LogP contribution in [0.3, 0.4) is 0 Å². The summed E-state index contributed by atoms with van der Waals surface area (Å²) in [6, 6.07) is 148. The Bertz CT molecular complexity index is 6650. The summed E-state index contributed by atoms with van der Waals surface area (Å²) in [6.07, 6.45) is 0. The topological polar surface area (TPSA) is 25.1 Å². The molecular weight excluding hydrogens is 1430 g/mol. The number of rotatable bonds is 12. The highest BCUT2D eigenvalue weighted by atomic mass is 79.9. The molecule has 21 rings (SSSR count). The van der Waals surface area contributed by atoms with Gasteiger partial charge in [-0.15, -0.1) is 22.7 Å². The van der Waals surface area contributed by atoms with E-state index in [-0.39, 0.29) is 0 Å². The number of hydrogen-bond acceptors (Lipinski definition) is 4. The van der Waals surface area contributed by atoms with Crippen molar-refractivity contribution in [2.75, 3.05) is 10.2 Å². The van der Waals surface area contributed by atoms with E-state index in [0.717, 1.165) is 32.9 Å². The lowest BCUT2D eigenvalue weighted by Crippen LogP contribution is -2.10. The molecule has 0 saturated carbocycles. The van der Waals surface area contributed by atoms with Crippen molar-refractivity contribution in [2.45, 2.75) is 0 Å². The average Bonchev–Trinajstić information content (AvgIpc) is 1.56. The third-order valence-corrected chi connectivity index (χ3v) is 23.6. The van der Waals surface area contributed by atoms with Gasteiger partial charge in [-0.1, -0.05) is 307 Å². The van der Waals surface area contributed by atoms with E-state index in [0.29, 0.717) is 0 Å². The molecular formula is C102H69BrN4S2. The summed E-state index contributed by atoms with van der Waals surface area (Å²) >= 11 is 7.45. The monoisotopic (exact) mass is 1490 g/mol. The van der Waals surface area contributed by atoms with Gasteiger partial charge in [-0.3, -0.25) is 0 Å². The van der Waals surface area contributed by atoms with E-state index in [1.807, 2.05) is 34.8 Å². The molecule has 0 unspecified atom stereocenters. The zero-order chi connectivity index (χ0) is 72.6. The Morgan fingerprint density at radius 1 is 0.257 bits per heavy atom. The van der Waals surface area contributed by atoms with Gasteiger partial charge in [0.25, 0.3) is 0 Å². The summed E-state index contributed by atoms with van der Waals surface area (Å²) in [5.41, 5.74) is 25.2. The summed E-state index contributed by atoms with van der Waals surface area (Å²) in [4.78, 5) is 2.45. The Hall–Kier alpha value is -13.1. The number of benzene rings is 17. The highest BCUT2D eigenvalue weighted by molar-refractivity contribution is 9.10. The molecule has 4 heterocycles. The smallest absolute Gasteiger partial charge is 0.0648 e. The van der Waals surface area contributed by atoms with E-state index in [4.69, 9.17) is 0 Å². The maximum Gasteiger partial charge on any atom is 0.0648 e. The molecule has 4 aromatic heterocycles. The molecule has 4 nitrogen and oxygen atoms in total. The summed E-state index contributed by atoms with van der Waals surface area (Å²) in [6.45, 7) is 0. The molecule has 0 bridgehead atoms. The van der Waals surface area contributed by atoms with Gasteiger partial charge in [0, 0.05) is 101 Å². The first-order valence-corrected chi connectivity index (χ1v) is 39.2. The van der Waals surface area contributed by atoms with Gasteiger partial charge in [-0.2, -0.15) is 0 Å².